The quantitative estimate of drug-likeness (QED) is 0.708. The number of hydrogen-bond donors (Lipinski definition) is 1. The van der Waals surface area contributed by atoms with Crippen LogP contribution in [0.15, 0.2) is 9.59 Å². The van der Waals surface area contributed by atoms with Crippen LogP contribution in [0.25, 0.3) is 11.0 Å². The van der Waals surface area contributed by atoms with Gasteiger partial charge in [0.1, 0.15) is 11.7 Å². The molecule has 2 aromatic rings. The number of rotatable bonds is 6. The van der Waals surface area contributed by atoms with Crippen molar-refractivity contribution in [3.05, 3.63) is 37.7 Å². The zero-order valence-corrected chi connectivity index (χ0v) is 17.1. The Bertz CT molecular complexity index is 1050. The predicted octanol–water partition coefficient (Wildman–Crippen LogP) is 0.249. The smallest absolute Gasteiger partial charge is 0.332 e. The summed E-state index contributed by atoms with van der Waals surface area (Å²) in [6.07, 6.45) is 0.485. The number of ether oxygens (including phenoxy) is 1. The highest BCUT2D eigenvalue weighted by Crippen LogP contribution is 2.20. The molecule has 9 nitrogen and oxygen atoms in total. The number of aryl methyl sites for hydroxylation is 3. The lowest BCUT2D eigenvalue weighted by molar-refractivity contribution is -0.146. The summed E-state index contributed by atoms with van der Waals surface area (Å²) in [5.74, 6) is -0.784. The molecule has 0 aliphatic rings. The molecule has 1 N–H and O–H groups in total. The number of nitrogens with zero attached hydrogens (tertiary/aromatic N) is 3. The van der Waals surface area contributed by atoms with Crippen molar-refractivity contribution >= 4 is 22.9 Å². The average Bonchev–Trinajstić information content (AvgIpc) is 2.64. The second-order valence-electron chi connectivity index (χ2n) is 6.75. The summed E-state index contributed by atoms with van der Waals surface area (Å²) in [6, 6.07) is -0.730. The molecule has 152 valence electrons. The molecule has 0 radical (unpaired) electrons. The number of nitrogens with one attached hydrogen (secondary N) is 1. The predicted molar refractivity (Wildman–Crippen MR) is 104 cm³/mol. The van der Waals surface area contributed by atoms with Crippen LogP contribution in [0, 0.1) is 13.8 Å². The second-order valence-corrected chi connectivity index (χ2v) is 6.75. The first kappa shape index (κ1) is 21.3. The van der Waals surface area contributed by atoms with Crippen LogP contribution in [0.1, 0.15) is 37.1 Å². The number of esters is 1. The van der Waals surface area contributed by atoms with Crippen LogP contribution >= 0.6 is 0 Å². The summed E-state index contributed by atoms with van der Waals surface area (Å²) in [5.41, 5.74) is 1.60. The molecule has 0 aliphatic carbocycles. The fourth-order valence-corrected chi connectivity index (χ4v) is 3.19. The zero-order valence-electron chi connectivity index (χ0n) is 17.1. The van der Waals surface area contributed by atoms with Crippen molar-refractivity contribution in [2.45, 2.75) is 46.6 Å². The first-order valence-electron chi connectivity index (χ1n) is 9.11. The van der Waals surface area contributed by atoms with Crippen molar-refractivity contribution in [3.63, 3.8) is 0 Å². The zero-order chi connectivity index (χ0) is 21.2. The van der Waals surface area contributed by atoms with E-state index in [0.717, 1.165) is 10.1 Å². The molecule has 2 heterocycles. The van der Waals surface area contributed by atoms with E-state index in [1.807, 2.05) is 0 Å². The minimum atomic E-state index is -0.730. The van der Waals surface area contributed by atoms with Crippen LogP contribution < -0.4 is 16.6 Å². The van der Waals surface area contributed by atoms with Gasteiger partial charge in [0.25, 0.3) is 5.56 Å². The summed E-state index contributed by atoms with van der Waals surface area (Å²) < 4.78 is 7.26. The van der Waals surface area contributed by atoms with Gasteiger partial charge < -0.3 is 10.1 Å². The summed E-state index contributed by atoms with van der Waals surface area (Å²) in [4.78, 5) is 53.0. The number of fused-ring (bicyclic) bond motifs is 1. The molecule has 9 heteroatoms. The van der Waals surface area contributed by atoms with Crippen molar-refractivity contribution in [2.75, 3.05) is 6.61 Å². The molecule has 0 aromatic carbocycles. The molecular weight excluding hydrogens is 364 g/mol. The lowest BCUT2D eigenvalue weighted by Gasteiger charge is -2.16. The minimum Gasteiger partial charge on any atom is -0.464 e. The highest BCUT2D eigenvalue weighted by atomic mass is 16.5. The fourth-order valence-electron chi connectivity index (χ4n) is 3.19. The average molecular weight is 390 g/mol. The number of pyridine rings is 1. The first-order chi connectivity index (χ1) is 13.1. The largest absolute Gasteiger partial charge is 0.464 e. The normalized spacial score (nSPS) is 12.1. The van der Waals surface area contributed by atoms with Gasteiger partial charge in [-0.2, -0.15) is 0 Å². The molecule has 0 aliphatic heterocycles. The topological polar surface area (TPSA) is 112 Å². The molecule has 0 spiro atoms. The molecule has 1 atom stereocenters. The number of hydrogen-bond acceptors (Lipinski definition) is 6. The SMILES string of the molecule is CCOC(=O)[C@@H](C)NC(=O)CCc1c(C)nc2c(c1C)c(=O)n(C)c(=O)n2C. The van der Waals surface area contributed by atoms with E-state index in [1.165, 1.54) is 11.6 Å². The molecule has 2 aromatic heterocycles. The Morgan fingerprint density at radius 1 is 1.18 bits per heavy atom. The van der Waals surface area contributed by atoms with Gasteiger partial charge in [-0.15, -0.1) is 0 Å². The third-order valence-corrected chi connectivity index (χ3v) is 4.79. The fraction of sp³-hybridized carbons (Fsp3) is 0.526. The highest BCUT2D eigenvalue weighted by Gasteiger charge is 2.19. The Kier molecular flexibility index (Phi) is 6.37. The summed E-state index contributed by atoms with van der Waals surface area (Å²) in [5, 5.41) is 2.97. The van der Waals surface area contributed by atoms with Crippen LogP contribution in [-0.4, -0.2) is 38.6 Å². The van der Waals surface area contributed by atoms with Crippen LogP contribution in [0.2, 0.25) is 0 Å². The van der Waals surface area contributed by atoms with Crippen LogP contribution in [0.5, 0.6) is 0 Å². The van der Waals surface area contributed by atoms with Gasteiger partial charge in [0.2, 0.25) is 5.91 Å². The Hall–Kier alpha value is -2.97. The molecule has 0 saturated carbocycles. The van der Waals surface area contributed by atoms with Gasteiger partial charge in [-0.3, -0.25) is 18.7 Å². The molecular formula is C19H26N4O5. The maximum absolute atomic E-state index is 12.6. The van der Waals surface area contributed by atoms with Gasteiger partial charge in [-0.25, -0.2) is 14.6 Å². The van der Waals surface area contributed by atoms with E-state index in [9.17, 15) is 19.2 Å². The van der Waals surface area contributed by atoms with E-state index >= 15 is 0 Å². The second kappa shape index (κ2) is 8.37. The van der Waals surface area contributed by atoms with Gasteiger partial charge in [0.05, 0.1) is 12.0 Å². The van der Waals surface area contributed by atoms with Crippen molar-refractivity contribution < 1.29 is 14.3 Å². The standard InChI is InChI=1S/C19H26N4O5/c1-7-28-18(26)12(4)20-14(24)9-8-13-10(2)15-16(21-11(13)3)22(5)19(27)23(6)17(15)25/h12H,7-9H2,1-6H3,(H,20,24)/t12-/m1/s1. The Morgan fingerprint density at radius 3 is 2.43 bits per heavy atom. The Balaban J connectivity index is 2.31. The third kappa shape index (κ3) is 3.97. The van der Waals surface area contributed by atoms with E-state index in [0.29, 0.717) is 28.7 Å². The van der Waals surface area contributed by atoms with Crippen molar-refractivity contribution in [1.82, 2.24) is 19.4 Å². The summed E-state index contributed by atoms with van der Waals surface area (Å²) in [6.45, 7) is 7.08. The summed E-state index contributed by atoms with van der Waals surface area (Å²) in [7, 11) is 2.99. The van der Waals surface area contributed by atoms with Crippen molar-refractivity contribution in [2.24, 2.45) is 14.1 Å². The van der Waals surface area contributed by atoms with E-state index < -0.39 is 23.3 Å². The van der Waals surface area contributed by atoms with Gasteiger partial charge in [0, 0.05) is 26.2 Å². The monoisotopic (exact) mass is 390 g/mol. The molecule has 2 rings (SSSR count). The van der Waals surface area contributed by atoms with Gasteiger partial charge in [0.15, 0.2) is 0 Å². The van der Waals surface area contributed by atoms with Crippen LogP contribution in [-0.2, 0) is 34.8 Å². The van der Waals surface area contributed by atoms with E-state index in [1.54, 1.807) is 34.7 Å². The van der Waals surface area contributed by atoms with E-state index in [4.69, 9.17) is 4.74 Å². The summed E-state index contributed by atoms with van der Waals surface area (Å²) >= 11 is 0. The van der Waals surface area contributed by atoms with Crippen molar-refractivity contribution in [3.8, 4) is 0 Å². The maximum atomic E-state index is 12.6. The molecule has 1 amide bonds. The third-order valence-electron chi connectivity index (χ3n) is 4.79. The molecule has 0 bridgehead atoms. The first-order valence-corrected chi connectivity index (χ1v) is 9.11. The number of carbonyl (C=O) groups excluding carboxylic acids is 2. The minimum absolute atomic E-state index is 0.130. The van der Waals surface area contributed by atoms with Gasteiger partial charge >= 0.3 is 11.7 Å². The Morgan fingerprint density at radius 2 is 1.82 bits per heavy atom. The van der Waals surface area contributed by atoms with Gasteiger partial charge in [-0.05, 0) is 45.2 Å². The lowest BCUT2D eigenvalue weighted by atomic mass is 9.99. The van der Waals surface area contributed by atoms with Gasteiger partial charge in [-0.1, -0.05) is 0 Å². The van der Waals surface area contributed by atoms with Crippen molar-refractivity contribution in [1.29, 1.82) is 0 Å². The highest BCUT2D eigenvalue weighted by molar-refractivity contribution is 5.84. The van der Waals surface area contributed by atoms with E-state index in [2.05, 4.69) is 10.3 Å². The lowest BCUT2D eigenvalue weighted by Crippen LogP contribution is -2.39. The molecule has 28 heavy (non-hydrogen) atoms. The van der Waals surface area contributed by atoms with Crippen LogP contribution in [0.3, 0.4) is 0 Å². The number of carbonyl (C=O) groups is 2. The van der Waals surface area contributed by atoms with Crippen LogP contribution in [0.4, 0.5) is 0 Å². The number of aromatic nitrogens is 3. The molecule has 0 fully saturated rings. The number of amides is 1. The Labute approximate surface area is 162 Å². The maximum Gasteiger partial charge on any atom is 0.332 e. The molecule has 0 unspecified atom stereocenters. The van der Waals surface area contributed by atoms with E-state index in [-0.39, 0.29) is 18.9 Å². The molecule has 0 saturated heterocycles.